The number of fused-ring (bicyclic) bond motifs is 1. The molecule has 0 saturated heterocycles. The van der Waals surface area contributed by atoms with E-state index in [1.165, 1.54) is 4.88 Å². The minimum Gasteiger partial charge on any atom is -0.246 e. The van der Waals surface area contributed by atoms with Crippen molar-refractivity contribution in [3.8, 4) is 9.88 Å². The topological polar surface area (TPSA) is 56.0 Å². The molecule has 0 bridgehead atoms. The van der Waals surface area contributed by atoms with Crippen LogP contribution in [-0.4, -0.2) is 24.8 Å². The molecule has 3 heterocycles. The van der Waals surface area contributed by atoms with Crippen molar-refractivity contribution in [2.75, 3.05) is 0 Å². The van der Waals surface area contributed by atoms with Crippen molar-refractivity contribution >= 4 is 27.6 Å². The predicted octanol–water partition coefficient (Wildman–Crippen LogP) is 3.86. The van der Waals surface area contributed by atoms with Crippen molar-refractivity contribution in [3.05, 3.63) is 16.5 Å². The minimum atomic E-state index is 0.313. The van der Waals surface area contributed by atoms with Crippen LogP contribution in [0.3, 0.4) is 0 Å². The zero-order valence-electron chi connectivity index (χ0n) is 12.2. The first kappa shape index (κ1) is 13.6. The van der Waals surface area contributed by atoms with Gasteiger partial charge in [-0.1, -0.05) is 39.0 Å². The van der Waals surface area contributed by atoms with Crippen LogP contribution in [0.15, 0.2) is 0 Å². The minimum absolute atomic E-state index is 0.313. The number of nitrogens with zero attached hydrogens (tertiary/aromatic N) is 5. The van der Waals surface area contributed by atoms with Crippen molar-refractivity contribution in [2.24, 2.45) is 0 Å². The van der Waals surface area contributed by atoms with E-state index in [1.807, 2.05) is 11.4 Å². The van der Waals surface area contributed by atoms with Crippen LogP contribution in [0.2, 0.25) is 0 Å². The lowest BCUT2D eigenvalue weighted by Gasteiger charge is -2.02. The molecule has 20 heavy (non-hydrogen) atoms. The number of rotatable bonds is 3. The molecule has 106 valence electrons. The Morgan fingerprint density at radius 3 is 2.40 bits per heavy atom. The molecule has 3 rings (SSSR count). The Bertz CT molecular complexity index is 750. The van der Waals surface area contributed by atoms with E-state index >= 15 is 0 Å². The first-order valence-electron chi connectivity index (χ1n) is 6.67. The van der Waals surface area contributed by atoms with Gasteiger partial charge in [0.2, 0.25) is 4.96 Å². The SMILES string of the molecule is Cc1nc(C(C)C)c(-c2nn3c(C(C)C)nnc3s2)s1. The van der Waals surface area contributed by atoms with Crippen molar-refractivity contribution in [2.45, 2.75) is 46.5 Å². The van der Waals surface area contributed by atoms with Crippen LogP contribution < -0.4 is 0 Å². The molecule has 0 atom stereocenters. The molecule has 0 amide bonds. The molecule has 7 heteroatoms. The van der Waals surface area contributed by atoms with E-state index in [2.05, 4.69) is 42.9 Å². The van der Waals surface area contributed by atoms with Gasteiger partial charge in [0.1, 0.15) is 0 Å². The quantitative estimate of drug-likeness (QED) is 0.737. The Labute approximate surface area is 125 Å². The Balaban J connectivity index is 2.15. The fraction of sp³-hybridized carbons (Fsp3) is 0.538. The molecule has 0 unspecified atom stereocenters. The Morgan fingerprint density at radius 2 is 1.75 bits per heavy atom. The van der Waals surface area contributed by atoms with Crippen LogP contribution in [0.25, 0.3) is 14.8 Å². The van der Waals surface area contributed by atoms with E-state index in [0.29, 0.717) is 11.8 Å². The molecule has 0 saturated carbocycles. The number of aryl methyl sites for hydroxylation is 1. The molecule has 0 fully saturated rings. The lowest BCUT2D eigenvalue weighted by atomic mass is 10.1. The molecule has 0 radical (unpaired) electrons. The Hall–Kier alpha value is -1.34. The van der Waals surface area contributed by atoms with Gasteiger partial charge in [0, 0.05) is 5.92 Å². The Morgan fingerprint density at radius 1 is 1.00 bits per heavy atom. The highest BCUT2D eigenvalue weighted by Gasteiger charge is 2.20. The van der Waals surface area contributed by atoms with Crippen LogP contribution in [0, 0.1) is 6.92 Å². The molecule has 0 spiro atoms. The van der Waals surface area contributed by atoms with Crippen molar-refractivity contribution < 1.29 is 0 Å². The maximum Gasteiger partial charge on any atom is 0.235 e. The van der Waals surface area contributed by atoms with Crippen LogP contribution in [0.5, 0.6) is 0 Å². The fourth-order valence-corrected chi connectivity index (χ4v) is 4.07. The molecular formula is C13H17N5S2. The van der Waals surface area contributed by atoms with Gasteiger partial charge in [-0.3, -0.25) is 0 Å². The van der Waals surface area contributed by atoms with E-state index in [0.717, 1.165) is 26.5 Å². The third-order valence-electron chi connectivity index (χ3n) is 3.03. The summed E-state index contributed by atoms with van der Waals surface area (Å²) in [5.41, 5.74) is 1.13. The second-order valence-electron chi connectivity index (χ2n) is 5.42. The van der Waals surface area contributed by atoms with E-state index in [9.17, 15) is 0 Å². The summed E-state index contributed by atoms with van der Waals surface area (Å²) in [5.74, 6) is 1.62. The van der Waals surface area contributed by atoms with Gasteiger partial charge in [-0.05, 0) is 12.8 Å². The van der Waals surface area contributed by atoms with E-state index in [4.69, 9.17) is 5.10 Å². The second kappa shape index (κ2) is 4.89. The molecule has 0 aliphatic rings. The summed E-state index contributed by atoms with van der Waals surface area (Å²) in [6.07, 6.45) is 0. The normalized spacial score (nSPS) is 12.2. The first-order valence-corrected chi connectivity index (χ1v) is 8.30. The number of hydrogen-bond acceptors (Lipinski definition) is 6. The zero-order valence-corrected chi connectivity index (χ0v) is 13.8. The molecule has 0 aliphatic carbocycles. The highest BCUT2D eigenvalue weighted by atomic mass is 32.1. The maximum absolute atomic E-state index is 4.70. The van der Waals surface area contributed by atoms with Gasteiger partial charge in [-0.15, -0.1) is 21.5 Å². The summed E-state index contributed by atoms with van der Waals surface area (Å²) in [6, 6.07) is 0. The first-order chi connectivity index (χ1) is 9.47. The van der Waals surface area contributed by atoms with Crippen LogP contribution in [0.1, 0.15) is 56.1 Å². The van der Waals surface area contributed by atoms with Gasteiger partial charge in [-0.25, -0.2) is 4.98 Å². The highest BCUT2D eigenvalue weighted by molar-refractivity contribution is 7.24. The number of aromatic nitrogens is 5. The summed E-state index contributed by atoms with van der Waals surface area (Å²) in [4.78, 5) is 6.66. The van der Waals surface area contributed by atoms with Gasteiger partial charge >= 0.3 is 0 Å². The van der Waals surface area contributed by atoms with E-state index < -0.39 is 0 Å². The smallest absolute Gasteiger partial charge is 0.235 e. The Kier molecular flexibility index (Phi) is 3.33. The lowest BCUT2D eigenvalue weighted by molar-refractivity contribution is 0.726. The van der Waals surface area contributed by atoms with Gasteiger partial charge in [0.05, 0.1) is 15.6 Å². The molecule has 0 aliphatic heterocycles. The number of hydrogen-bond donors (Lipinski definition) is 0. The van der Waals surface area contributed by atoms with Crippen LogP contribution in [0.4, 0.5) is 0 Å². The monoisotopic (exact) mass is 307 g/mol. The van der Waals surface area contributed by atoms with Gasteiger partial charge in [0.15, 0.2) is 10.8 Å². The molecule has 0 aromatic carbocycles. The summed E-state index contributed by atoms with van der Waals surface area (Å²) in [7, 11) is 0. The highest BCUT2D eigenvalue weighted by Crippen LogP contribution is 2.36. The zero-order chi connectivity index (χ0) is 14.4. The number of thiazole rings is 1. The van der Waals surface area contributed by atoms with Crippen molar-refractivity contribution in [1.29, 1.82) is 0 Å². The predicted molar refractivity (Wildman–Crippen MR) is 82.7 cm³/mol. The van der Waals surface area contributed by atoms with Crippen LogP contribution >= 0.6 is 22.7 Å². The molecule has 5 nitrogen and oxygen atoms in total. The van der Waals surface area contributed by atoms with Crippen molar-refractivity contribution in [1.82, 2.24) is 24.8 Å². The average molecular weight is 307 g/mol. The van der Waals surface area contributed by atoms with Crippen LogP contribution in [-0.2, 0) is 0 Å². The standard InChI is InChI=1S/C13H17N5S2/c1-6(2)9-10(19-8(5)14-9)12-17-18-11(7(3)4)15-16-13(18)20-12/h6-7H,1-5H3. The largest absolute Gasteiger partial charge is 0.246 e. The van der Waals surface area contributed by atoms with E-state index in [1.54, 1.807) is 22.7 Å². The summed E-state index contributed by atoms with van der Waals surface area (Å²) >= 11 is 3.29. The van der Waals surface area contributed by atoms with Gasteiger partial charge in [0.25, 0.3) is 0 Å². The maximum atomic E-state index is 4.70. The summed E-state index contributed by atoms with van der Waals surface area (Å²) in [5, 5.41) is 15.2. The molecule has 3 aromatic rings. The van der Waals surface area contributed by atoms with Gasteiger partial charge < -0.3 is 0 Å². The second-order valence-corrected chi connectivity index (χ2v) is 7.58. The van der Waals surface area contributed by atoms with Crippen molar-refractivity contribution in [3.63, 3.8) is 0 Å². The third-order valence-corrected chi connectivity index (χ3v) is 5.07. The summed E-state index contributed by atoms with van der Waals surface area (Å²) < 4.78 is 1.86. The fourth-order valence-electron chi connectivity index (χ4n) is 2.07. The molecule has 0 N–H and O–H groups in total. The lowest BCUT2D eigenvalue weighted by Crippen LogP contribution is -1.98. The van der Waals surface area contributed by atoms with Gasteiger partial charge in [-0.2, -0.15) is 9.61 Å². The molecule has 3 aromatic heterocycles. The molecular weight excluding hydrogens is 290 g/mol. The third kappa shape index (κ3) is 2.14. The van der Waals surface area contributed by atoms with E-state index in [-0.39, 0.29) is 0 Å². The average Bonchev–Trinajstić information content (AvgIpc) is 2.99. The summed E-state index contributed by atoms with van der Waals surface area (Å²) in [6.45, 7) is 10.6.